The Bertz CT molecular complexity index is 1200. The molecule has 0 fully saturated rings. The van der Waals surface area contributed by atoms with E-state index in [4.69, 9.17) is 9.84 Å². The molecular formula is C24H27F4NO5S2. The van der Waals surface area contributed by atoms with E-state index in [2.05, 4.69) is 0 Å². The monoisotopic (exact) mass is 549 g/mol. The molecule has 0 aromatic heterocycles. The zero-order valence-electron chi connectivity index (χ0n) is 19.9. The Morgan fingerprint density at radius 3 is 2.47 bits per heavy atom. The Balaban J connectivity index is 2.16. The van der Waals surface area contributed by atoms with Crippen molar-refractivity contribution in [2.24, 2.45) is 11.8 Å². The molecule has 0 unspecified atom stereocenters. The molecule has 0 bridgehead atoms. The minimum Gasteiger partial charge on any atom is -0.491 e. The molecule has 0 saturated carbocycles. The van der Waals surface area contributed by atoms with Crippen molar-refractivity contribution in [3.05, 3.63) is 42.2 Å². The van der Waals surface area contributed by atoms with Crippen LogP contribution in [0.1, 0.15) is 26.7 Å². The number of hydrogen-bond acceptors (Lipinski definition) is 6. The van der Waals surface area contributed by atoms with Crippen LogP contribution in [-0.4, -0.2) is 50.3 Å². The quantitative estimate of drug-likeness (QED) is 0.307. The first kappa shape index (κ1) is 28.1. The Labute approximate surface area is 211 Å². The van der Waals surface area contributed by atoms with Gasteiger partial charge in [0.15, 0.2) is 0 Å². The maximum Gasteiger partial charge on any atom is 0.309 e. The molecule has 3 atom stereocenters. The number of ether oxygens (including phenoxy) is 1. The van der Waals surface area contributed by atoms with E-state index in [1.807, 2.05) is 0 Å². The van der Waals surface area contributed by atoms with Crippen molar-refractivity contribution >= 4 is 38.9 Å². The number of anilines is 2. The van der Waals surface area contributed by atoms with Gasteiger partial charge in [-0.1, -0.05) is 0 Å². The first-order valence-corrected chi connectivity index (χ1v) is 13.9. The Morgan fingerprint density at radius 2 is 1.92 bits per heavy atom. The van der Waals surface area contributed by atoms with E-state index in [-0.39, 0.29) is 24.6 Å². The zero-order valence-corrected chi connectivity index (χ0v) is 21.5. The normalized spacial score (nSPS) is 20.4. The average Bonchev–Trinajstić information content (AvgIpc) is 2.88. The Kier molecular flexibility index (Phi) is 8.49. The highest BCUT2D eigenvalue weighted by molar-refractivity contribution is 7.98. The van der Waals surface area contributed by atoms with Gasteiger partial charge in [-0.3, -0.25) is 4.79 Å². The highest BCUT2D eigenvalue weighted by atomic mass is 32.2. The van der Waals surface area contributed by atoms with E-state index >= 15 is 4.39 Å². The maximum atomic E-state index is 15.6. The van der Waals surface area contributed by atoms with Gasteiger partial charge in [0.05, 0.1) is 21.4 Å². The SMILES string of the molecule is CSc1cc2c(cc1OC[C@@H](C)C(=O)O)S(=O)(=O)[C@H](F)[C@H](CCC(C)(F)F)CN2c1ccc(F)cc1. The van der Waals surface area contributed by atoms with Crippen LogP contribution in [0.5, 0.6) is 5.75 Å². The fourth-order valence-corrected chi connectivity index (χ4v) is 6.10. The molecule has 198 valence electrons. The van der Waals surface area contributed by atoms with Crippen molar-refractivity contribution in [1.82, 2.24) is 0 Å². The number of hydrogen-bond donors (Lipinski definition) is 1. The molecule has 1 N–H and O–H groups in total. The van der Waals surface area contributed by atoms with Gasteiger partial charge in [-0.05, 0) is 56.9 Å². The molecule has 0 aliphatic carbocycles. The summed E-state index contributed by atoms with van der Waals surface area (Å²) in [6, 6.07) is 7.74. The van der Waals surface area contributed by atoms with Crippen molar-refractivity contribution in [2.75, 3.05) is 24.3 Å². The number of carbonyl (C=O) groups is 1. The summed E-state index contributed by atoms with van der Waals surface area (Å²) in [5.74, 6) is -6.88. The molecule has 2 aromatic carbocycles. The van der Waals surface area contributed by atoms with Crippen LogP contribution < -0.4 is 9.64 Å². The molecule has 0 spiro atoms. The second kappa shape index (κ2) is 10.9. The Morgan fingerprint density at radius 1 is 1.28 bits per heavy atom. The van der Waals surface area contributed by atoms with Gasteiger partial charge >= 0.3 is 5.97 Å². The van der Waals surface area contributed by atoms with Crippen LogP contribution in [0.15, 0.2) is 46.2 Å². The minimum atomic E-state index is -4.66. The standard InChI is InChI=1S/C24H27F4NO5S2/c1-14(23(30)31)13-34-19-11-21-18(10-20(19)35-3)29(17-6-4-16(25)5-7-17)12-15(8-9-24(2,27)28)22(26)36(21,32)33/h4-7,10-11,14-15,22H,8-9,12-13H2,1-3H3,(H,30,31)/t14-,15-,22+/m1/s1. The maximum absolute atomic E-state index is 15.6. The predicted octanol–water partition coefficient (Wildman–Crippen LogP) is 5.92. The number of aliphatic carboxylic acids is 1. The third-order valence-corrected chi connectivity index (χ3v) is 8.61. The number of rotatable bonds is 9. The number of thioether (sulfide) groups is 1. The third kappa shape index (κ3) is 6.26. The Hall–Kier alpha value is -2.47. The van der Waals surface area contributed by atoms with E-state index in [0.717, 1.165) is 18.2 Å². The van der Waals surface area contributed by atoms with Gasteiger partial charge in [-0.2, -0.15) is 0 Å². The smallest absolute Gasteiger partial charge is 0.309 e. The molecule has 6 nitrogen and oxygen atoms in total. The van der Waals surface area contributed by atoms with Crippen LogP contribution in [0.25, 0.3) is 0 Å². The van der Waals surface area contributed by atoms with Crippen molar-refractivity contribution < 1.29 is 40.6 Å². The number of halogens is 4. The van der Waals surface area contributed by atoms with Crippen LogP contribution in [0.3, 0.4) is 0 Å². The number of benzene rings is 2. The van der Waals surface area contributed by atoms with E-state index in [9.17, 15) is 26.4 Å². The van der Waals surface area contributed by atoms with E-state index in [1.54, 1.807) is 6.26 Å². The summed E-state index contributed by atoms with van der Waals surface area (Å²) < 4.78 is 88.8. The summed E-state index contributed by atoms with van der Waals surface area (Å²) in [6.07, 6.45) is 0.593. The molecule has 1 aliphatic heterocycles. The lowest BCUT2D eigenvalue weighted by Crippen LogP contribution is -2.32. The molecule has 36 heavy (non-hydrogen) atoms. The van der Waals surface area contributed by atoms with E-state index < -0.39 is 62.6 Å². The second-order valence-electron chi connectivity index (χ2n) is 8.87. The molecule has 0 saturated heterocycles. The lowest BCUT2D eigenvalue weighted by atomic mass is 10.0. The molecule has 1 heterocycles. The largest absolute Gasteiger partial charge is 0.491 e. The summed E-state index contributed by atoms with van der Waals surface area (Å²) in [4.78, 5) is 12.7. The van der Waals surface area contributed by atoms with Crippen LogP contribution in [-0.2, 0) is 14.6 Å². The highest BCUT2D eigenvalue weighted by Crippen LogP contribution is 2.45. The molecule has 0 radical (unpaired) electrons. The van der Waals surface area contributed by atoms with Crippen LogP contribution in [0.4, 0.5) is 28.9 Å². The first-order valence-electron chi connectivity index (χ1n) is 11.1. The summed E-state index contributed by atoms with van der Waals surface area (Å²) in [5, 5.41) is 9.13. The second-order valence-corrected chi connectivity index (χ2v) is 11.7. The lowest BCUT2D eigenvalue weighted by molar-refractivity contribution is -0.142. The van der Waals surface area contributed by atoms with E-state index in [1.165, 1.54) is 41.8 Å². The van der Waals surface area contributed by atoms with Crippen molar-refractivity contribution in [2.45, 2.75) is 47.9 Å². The number of fused-ring (bicyclic) bond motifs is 1. The van der Waals surface area contributed by atoms with Gasteiger partial charge in [0, 0.05) is 30.6 Å². The predicted molar refractivity (Wildman–Crippen MR) is 129 cm³/mol. The minimum absolute atomic E-state index is 0.0581. The van der Waals surface area contributed by atoms with Crippen molar-refractivity contribution in [3.8, 4) is 5.75 Å². The average molecular weight is 550 g/mol. The molecular weight excluding hydrogens is 522 g/mol. The number of nitrogens with zero attached hydrogens (tertiary/aromatic N) is 1. The third-order valence-electron chi connectivity index (χ3n) is 5.93. The van der Waals surface area contributed by atoms with Gasteiger partial charge < -0.3 is 14.7 Å². The molecule has 0 amide bonds. The van der Waals surface area contributed by atoms with Crippen LogP contribution in [0.2, 0.25) is 0 Å². The molecule has 2 aromatic rings. The zero-order chi connectivity index (χ0) is 26.8. The number of alkyl halides is 3. The number of carboxylic acids is 1. The summed E-state index contributed by atoms with van der Waals surface area (Å²) >= 11 is 1.20. The molecule has 12 heteroatoms. The first-order chi connectivity index (χ1) is 16.7. The van der Waals surface area contributed by atoms with E-state index in [0.29, 0.717) is 17.5 Å². The highest BCUT2D eigenvalue weighted by Gasteiger charge is 2.43. The van der Waals surface area contributed by atoms with Crippen LogP contribution in [0, 0.1) is 17.7 Å². The molecule has 3 rings (SSSR count). The van der Waals surface area contributed by atoms with Crippen molar-refractivity contribution in [1.29, 1.82) is 0 Å². The molecule has 1 aliphatic rings. The summed E-state index contributed by atoms with van der Waals surface area (Å²) in [5.41, 5.74) is -2.02. The summed E-state index contributed by atoms with van der Waals surface area (Å²) in [7, 11) is -4.66. The van der Waals surface area contributed by atoms with Gasteiger partial charge in [0.2, 0.25) is 21.3 Å². The van der Waals surface area contributed by atoms with Gasteiger partial charge in [0.1, 0.15) is 18.2 Å². The van der Waals surface area contributed by atoms with Crippen molar-refractivity contribution in [3.63, 3.8) is 0 Å². The van der Waals surface area contributed by atoms with Gasteiger partial charge in [-0.25, -0.2) is 26.0 Å². The lowest BCUT2D eigenvalue weighted by Gasteiger charge is -2.29. The van der Waals surface area contributed by atoms with Crippen LogP contribution >= 0.6 is 11.8 Å². The number of sulfone groups is 1. The fourth-order valence-electron chi connectivity index (χ4n) is 3.84. The van der Waals surface area contributed by atoms with Gasteiger partial charge in [0.25, 0.3) is 0 Å². The fraction of sp³-hybridized carbons (Fsp3) is 0.458. The van der Waals surface area contributed by atoms with Gasteiger partial charge in [-0.15, -0.1) is 11.8 Å². The topological polar surface area (TPSA) is 83.9 Å². The number of carboxylic acid groups (broad SMARTS) is 1. The summed E-state index contributed by atoms with van der Waals surface area (Å²) in [6.45, 7) is 1.61.